The van der Waals surface area contributed by atoms with E-state index in [0.29, 0.717) is 5.96 Å². The highest BCUT2D eigenvalue weighted by molar-refractivity contribution is 5.77. The summed E-state index contributed by atoms with van der Waals surface area (Å²) in [5.74, 6) is 6.44. The maximum Gasteiger partial charge on any atom is 0.213 e. The summed E-state index contributed by atoms with van der Waals surface area (Å²) in [6.45, 7) is 4.25. The van der Waals surface area contributed by atoms with Crippen molar-refractivity contribution < 1.29 is 0 Å². The summed E-state index contributed by atoms with van der Waals surface area (Å²) < 4.78 is 0. The van der Waals surface area contributed by atoms with E-state index >= 15 is 0 Å². The molecule has 0 aromatic heterocycles. The van der Waals surface area contributed by atoms with E-state index in [2.05, 4.69) is 12.0 Å². The lowest BCUT2D eigenvalue weighted by atomic mass is 9.95. The maximum atomic E-state index is 5.59. The molecule has 0 aromatic rings. The minimum Gasteiger partial charge on any atom is -0.368 e. The maximum absolute atomic E-state index is 5.59. The van der Waals surface area contributed by atoms with Crippen LogP contribution in [0.4, 0.5) is 0 Å². The van der Waals surface area contributed by atoms with Crippen molar-refractivity contribution in [2.24, 2.45) is 22.6 Å². The summed E-state index contributed by atoms with van der Waals surface area (Å²) >= 11 is 0. The Morgan fingerprint density at radius 1 is 1.50 bits per heavy atom. The third-order valence-electron chi connectivity index (χ3n) is 2.65. The fraction of sp³-hybridized carbons (Fsp3) is 0.875. The number of rotatable bonds is 1. The van der Waals surface area contributed by atoms with Gasteiger partial charge in [-0.25, -0.2) is 0 Å². The van der Waals surface area contributed by atoms with Crippen molar-refractivity contribution >= 4 is 5.96 Å². The van der Waals surface area contributed by atoms with Gasteiger partial charge in [0.2, 0.25) is 5.96 Å². The van der Waals surface area contributed by atoms with Gasteiger partial charge in [-0.05, 0) is 18.8 Å². The molecular formula is C8H18N4. The van der Waals surface area contributed by atoms with Crippen LogP contribution in [-0.2, 0) is 0 Å². The van der Waals surface area contributed by atoms with Crippen molar-refractivity contribution in [2.75, 3.05) is 13.1 Å². The van der Waals surface area contributed by atoms with Crippen LogP contribution >= 0.6 is 0 Å². The average Bonchev–Trinajstić information content (AvgIpc) is 2.17. The van der Waals surface area contributed by atoms with E-state index in [9.17, 15) is 0 Å². The lowest BCUT2D eigenvalue weighted by Crippen LogP contribution is -2.43. The Balaban J connectivity index is 2.36. The highest BCUT2D eigenvalue weighted by Crippen LogP contribution is 2.19. The van der Waals surface area contributed by atoms with Gasteiger partial charge in [0.25, 0.3) is 0 Å². The molecule has 4 heteroatoms. The molecule has 1 heterocycles. The highest BCUT2D eigenvalue weighted by Gasteiger charge is 2.18. The molecule has 0 unspecified atom stereocenters. The summed E-state index contributed by atoms with van der Waals surface area (Å²) in [6, 6.07) is 0. The van der Waals surface area contributed by atoms with Gasteiger partial charge in [0.1, 0.15) is 0 Å². The van der Waals surface area contributed by atoms with Crippen LogP contribution in [0, 0.1) is 5.92 Å². The van der Waals surface area contributed by atoms with Crippen LogP contribution < -0.4 is 11.6 Å². The molecule has 1 fully saturated rings. The molecule has 12 heavy (non-hydrogen) atoms. The molecule has 4 N–H and O–H groups in total. The SMILES string of the molecule is CCC1CCN(C(N)=NN)CC1. The lowest BCUT2D eigenvalue weighted by molar-refractivity contribution is 0.259. The number of piperidine rings is 1. The molecule has 0 saturated carbocycles. The Labute approximate surface area is 73.6 Å². The molecule has 0 aromatic carbocycles. The normalized spacial score (nSPS) is 21.4. The predicted molar refractivity (Wildman–Crippen MR) is 50.4 cm³/mol. The van der Waals surface area contributed by atoms with E-state index in [1.165, 1.54) is 19.3 Å². The number of likely N-dealkylation sites (tertiary alicyclic amines) is 1. The van der Waals surface area contributed by atoms with Crippen LogP contribution in [0.2, 0.25) is 0 Å². The van der Waals surface area contributed by atoms with Crippen LogP contribution in [0.15, 0.2) is 5.10 Å². The molecule has 4 nitrogen and oxygen atoms in total. The van der Waals surface area contributed by atoms with E-state index in [1.54, 1.807) is 0 Å². The molecule has 1 rings (SSSR count). The van der Waals surface area contributed by atoms with Crippen molar-refractivity contribution in [3.8, 4) is 0 Å². The fourth-order valence-corrected chi connectivity index (χ4v) is 1.65. The van der Waals surface area contributed by atoms with Crippen LogP contribution in [0.1, 0.15) is 26.2 Å². The molecule has 1 aliphatic heterocycles. The Hall–Kier alpha value is -0.930. The number of hydrogen-bond acceptors (Lipinski definition) is 2. The second-order valence-electron chi connectivity index (χ2n) is 3.33. The third-order valence-corrected chi connectivity index (χ3v) is 2.65. The van der Waals surface area contributed by atoms with Crippen LogP contribution in [0.5, 0.6) is 0 Å². The van der Waals surface area contributed by atoms with Gasteiger partial charge in [-0.2, -0.15) is 0 Å². The fourth-order valence-electron chi connectivity index (χ4n) is 1.65. The molecule has 70 valence electrons. The number of hydrogen-bond donors (Lipinski definition) is 2. The molecule has 1 saturated heterocycles. The Bertz CT molecular complexity index is 158. The van der Waals surface area contributed by atoms with E-state index in [-0.39, 0.29) is 0 Å². The zero-order valence-corrected chi connectivity index (χ0v) is 7.66. The first-order valence-electron chi connectivity index (χ1n) is 4.56. The summed E-state index contributed by atoms with van der Waals surface area (Å²) in [5, 5.41) is 3.48. The van der Waals surface area contributed by atoms with Gasteiger partial charge >= 0.3 is 0 Å². The first kappa shape index (κ1) is 9.16. The number of nitrogens with zero attached hydrogens (tertiary/aromatic N) is 2. The standard InChI is InChI=1S/C8H18N4/c1-2-7-3-5-12(6-4-7)8(9)11-10/h7H,2-6,10H2,1H3,(H2,9,11). The molecule has 0 aliphatic carbocycles. The topological polar surface area (TPSA) is 67.6 Å². The molecule has 0 bridgehead atoms. The van der Waals surface area contributed by atoms with Gasteiger partial charge in [-0.1, -0.05) is 13.3 Å². The minimum atomic E-state index is 0.476. The smallest absolute Gasteiger partial charge is 0.213 e. The van der Waals surface area contributed by atoms with Gasteiger partial charge < -0.3 is 16.5 Å². The second-order valence-corrected chi connectivity index (χ2v) is 3.33. The van der Waals surface area contributed by atoms with Gasteiger partial charge in [0.15, 0.2) is 0 Å². The molecule has 0 radical (unpaired) electrons. The molecule has 0 atom stereocenters. The molecule has 0 spiro atoms. The van der Waals surface area contributed by atoms with Gasteiger partial charge in [-0.3, -0.25) is 0 Å². The highest BCUT2D eigenvalue weighted by atomic mass is 15.3. The van der Waals surface area contributed by atoms with Gasteiger partial charge in [-0.15, -0.1) is 5.10 Å². The van der Waals surface area contributed by atoms with Crippen LogP contribution in [-0.4, -0.2) is 23.9 Å². The van der Waals surface area contributed by atoms with E-state index in [4.69, 9.17) is 11.6 Å². The quantitative estimate of drug-likeness (QED) is 0.257. The molecule has 1 aliphatic rings. The van der Waals surface area contributed by atoms with Gasteiger partial charge in [0, 0.05) is 13.1 Å². The van der Waals surface area contributed by atoms with E-state index in [0.717, 1.165) is 19.0 Å². The average molecular weight is 170 g/mol. The molecular weight excluding hydrogens is 152 g/mol. The van der Waals surface area contributed by atoms with Crippen molar-refractivity contribution in [1.82, 2.24) is 4.90 Å². The van der Waals surface area contributed by atoms with Crippen molar-refractivity contribution in [1.29, 1.82) is 0 Å². The van der Waals surface area contributed by atoms with Crippen LogP contribution in [0.3, 0.4) is 0 Å². The Kier molecular flexibility index (Phi) is 3.19. The predicted octanol–water partition coefficient (Wildman–Crippen LogP) is 0.297. The van der Waals surface area contributed by atoms with E-state index < -0.39 is 0 Å². The van der Waals surface area contributed by atoms with Crippen molar-refractivity contribution in [2.45, 2.75) is 26.2 Å². The van der Waals surface area contributed by atoms with Gasteiger partial charge in [0.05, 0.1) is 0 Å². The monoisotopic (exact) mass is 170 g/mol. The first-order chi connectivity index (χ1) is 5.77. The minimum absolute atomic E-state index is 0.476. The third kappa shape index (κ3) is 2.03. The Morgan fingerprint density at radius 2 is 2.08 bits per heavy atom. The number of hydrazone groups is 1. The molecule has 0 amide bonds. The summed E-state index contributed by atoms with van der Waals surface area (Å²) in [4.78, 5) is 2.05. The van der Waals surface area contributed by atoms with E-state index in [1.807, 2.05) is 4.90 Å². The Morgan fingerprint density at radius 3 is 2.50 bits per heavy atom. The second kappa shape index (κ2) is 4.18. The number of guanidine groups is 1. The zero-order chi connectivity index (χ0) is 8.97. The van der Waals surface area contributed by atoms with Crippen molar-refractivity contribution in [3.05, 3.63) is 0 Å². The summed E-state index contributed by atoms with van der Waals surface area (Å²) in [7, 11) is 0. The number of nitrogens with two attached hydrogens (primary N) is 2. The largest absolute Gasteiger partial charge is 0.368 e. The first-order valence-corrected chi connectivity index (χ1v) is 4.56. The summed E-state index contributed by atoms with van der Waals surface area (Å²) in [6.07, 6.45) is 3.70. The zero-order valence-electron chi connectivity index (χ0n) is 7.66. The van der Waals surface area contributed by atoms with Crippen LogP contribution in [0.25, 0.3) is 0 Å². The summed E-state index contributed by atoms with van der Waals surface area (Å²) in [5.41, 5.74) is 5.59. The lowest BCUT2D eigenvalue weighted by Gasteiger charge is -2.31. The van der Waals surface area contributed by atoms with Crippen molar-refractivity contribution in [3.63, 3.8) is 0 Å².